The summed E-state index contributed by atoms with van der Waals surface area (Å²) in [4.78, 5) is 11.6. The van der Waals surface area contributed by atoms with Crippen molar-refractivity contribution in [2.45, 2.75) is 30.7 Å². The van der Waals surface area contributed by atoms with Crippen LogP contribution in [0.5, 0.6) is 5.75 Å². The Labute approximate surface area is 116 Å². The third-order valence-corrected chi connectivity index (χ3v) is 4.21. The summed E-state index contributed by atoms with van der Waals surface area (Å²) >= 11 is 0. The molecule has 1 aromatic rings. The van der Waals surface area contributed by atoms with Crippen LogP contribution in [0.3, 0.4) is 0 Å². The van der Waals surface area contributed by atoms with Crippen LogP contribution in [0.2, 0.25) is 0 Å². The molecule has 0 saturated heterocycles. The zero-order valence-corrected chi connectivity index (χ0v) is 11.9. The van der Waals surface area contributed by atoms with Crippen LogP contribution in [-0.2, 0) is 13.8 Å². The number of hydrogen-bond acceptors (Lipinski definition) is 4. The molecule has 1 atom stereocenters. The summed E-state index contributed by atoms with van der Waals surface area (Å²) < 4.78 is 28.0. The Kier molecular flexibility index (Phi) is 4.01. The van der Waals surface area contributed by atoms with Crippen molar-refractivity contribution in [1.82, 2.24) is 5.32 Å². The molecule has 0 bridgehead atoms. The van der Waals surface area contributed by atoms with E-state index in [1.54, 1.807) is 6.07 Å². The summed E-state index contributed by atoms with van der Waals surface area (Å²) in [6.45, 7) is 2.22. The number of nitrogens with one attached hydrogen (secondary N) is 1. The number of hydrogen-bond donors (Lipinski definition) is 1. The molecule has 0 saturated carbocycles. The maximum Gasteiger partial charge on any atom is 0.261 e. The van der Waals surface area contributed by atoms with Crippen LogP contribution >= 0.6 is 10.7 Å². The number of carbonyl (C=O) groups is 1. The maximum absolute atomic E-state index is 11.6. The van der Waals surface area contributed by atoms with Crippen LogP contribution in [0.4, 0.5) is 0 Å². The standard InChI is InChI=1S/C12H14ClNO4S/c1-2-3-12(15)14-10-7-18-11-5-4-8(6-9(10)11)19(13,16)17/h4-6,10H,2-3,7H2,1H3,(H,14,15). The van der Waals surface area contributed by atoms with Crippen molar-refractivity contribution in [1.29, 1.82) is 0 Å². The van der Waals surface area contributed by atoms with Crippen LogP contribution in [-0.4, -0.2) is 20.9 Å². The van der Waals surface area contributed by atoms with E-state index in [-0.39, 0.29) is 16.8 Å². The van der Waals surface area contributed by atoms with Gasteiger partial charge in [-0.25, -0.2) is 8.42 Å². The van der Waals surface area contributed by atoms with E-state index in [4.69, 9.17) is 15.4 Å². The number of fused-ring (bicyclic) bond motifs is 1. The predicted molar refractivity (Wildman–Crippen MR) is 70.8 cm³/mol. The van der Waals surface area contributed by atoms with Gasteiger partial charge in [0, 0.05) is 22.7 Å². The van der Waals surface area contributed by atoms with Gasteiger partial charge < -0.3 is 10.1 Å². The van der Waals surface area contributed by atoms with Crippen molar-refractivity contribution < 1.29 is 17.9 Å². The highest BCUT2D eigenvalue weighted by Gasteiger charge is 2.27. The normalized spacial score (nSPS) is 17.7. The summed E-state index contributed by atoms with van der Waals surface area (Å²) in [5.74, 6) is 0.494. The average Bonchev–Trinajstić information content (AvgIpc) is 2.71. The Bertz CT molecular complexity index is 600. The molecule has 1 unspecified atom stereocenters. The van der Waals surface area contributed by atoms with Crippen LogP contribution < -0.4 is 10.1 Å². The largest absolute Gasteiger partial charge is 0.491 e. The Balaban J connectivity index is 2.25. The molecule has 104 valence electrons. The third kappa shape index (κ3) is 3.19. The third-order valence-electron chi connectivity index (χ3n) is 2.86. The minimum absolute atomic E-state index is 0.00755. The van der Waals surface area contributed by atoms with Gasteiger partial charge in [-0.05, 0) is 24.6 Å². The molecule has 0 fully saturated rings. The average molecular weight is 304 g/mol. The van der Waals surface area contributed by atoms with E-state index < -0.39 is 9.05 Å². The second-order valence-electron chi connectivity index (χ2n) is 4.32. The molecule has 1 aromatic carbocycles. The van der Waals surface area contributed by atoms with Crippen LogP contribution in [0.25, 0.3) is 0 Å². The van der Waals surface area contributed by atoms with Gasteiger partial charge in [0.2, 0.25) is 5.91 Å². The molecule has 19 heavy (non-hydrogen) atoms. The zero-order chi connectivity index (χ0) is 14.0. The molecular weight excluding hydrogens is 290 g/mol. The zero-order valence-electron chi connectivity index (χ0n) is 10.3. The van der Waals surface area contributed by atoms with Gasteiger partial charge in [0.25, 0.3) is 9.05 Å². The molecule has 1 aliphatic rings. The Morgan fingerprint density at radius 3 is 2.89 bits per heavy atom. The highest BCUT2D eigenvalue weighted by atomic mass is 35.7. The van der Waals surface area contributed by atoms with Crippen molar-refractivity contribution in [3.8, 4) is 5.75 Å². The summed E-state index contributed by atoms with van der Waals surface area (Å²) in [6, 6.07) is 4.06. The summed E-state index contributed by atoms with van der Waals surface area (Å²) in [7, 11) is 1.52. The summed E-state index contributed by atoms with van der Waals surface area (Å²) in [5, 5.41) is 2.81. The fraction of sp³-hybridized carbons (Fsp3) is 0.417. The summed E-state index contributed by atoms with van der Waals surface area (Å²) in [5.41, 5.74) is 0.645. The molecule has 1 N–H and O–H groups in total. The lowest BCUT2D eigenvalue weighted by Gasteiger charge is -2.11. The van der Waals surface area contributed by atoms with Crippen molar-refractivity contribution in [3.05, 3.63) is 23.8 Å². The molecule has 5 nitrogen and oxygen atoms in total. The number of carbonyl (C=O) groups excluding carboxylic acids is 1. The summed E-state index contributed by atoms with van der Waals surface area (Å²) in [6.07, 6.45) is 1.18. The van der Waals surface area contributed by atoms with Gasteiger partial charge in [0.15, 0.2) is 0 Å². The number of ether oxygens (including phenoxy) is 1. The molecule has 1 aliphatic heterocycles. The van der Waals surface area contributed by atoms with E-state index in [1.807, 2.05) is 6.92 Å². The minimum atomic E-state index is -3.78. The molecule has 0 aliphatic carbocycles. The number of amides is 1. The molecule has 0 aromatic heterocycles. The topological polar surface area (TPSA) is 72.5 Å². The van der Waals surface area contributed by atoms with Crippen LogP contribution in [0.1, 0.15) is 31.4 Å². The van der Waals surface area contributed by atoms with Crippen LogP contribution in [0, 0.1) is 0 Å². The smallest absolute Gasteiger partial charge is 0.261 e. The second-order valence-corrected chi connectivity index (χ2v) is 6.88. The quantitative estimate of drug-likeness (QED) is 0.863. The van der Waals surface area contributed by atoms with E-state index in [1.165, 1.54) is 12.1 Å². The first kappa shape index (κ1) is 14.1. The first-order valence-electron chi connectivity index (χ1n) is 5.92. The van der Waals surface area contributed by atoms with Gasteiger partial charge in [0.1, 0.15) is 12.4 Å². The van der Waals surface area contributed by atoms with Crippen molar-refractivity contribution in [2.24, 2.45) is 0 Å². The van der Waals surface area contributed by atoms with Gasteiger partial charge in [-0.2, -0.15) is 0 Å². The van der Waals surface area contributed by atoms with Gasteiger partial charge in [-0.1, -0.05) is 6.92 Å². The van der Waals surface area contributed by atoms with Crippen molar-refractivity contribution in [3.63, 3.8) is 0 Å². The van der Waals surface area contributed by atoms with Gasteiger partial charge >= 0.3 is 0 Å². The highest BCUT2D eigenvalue weighted by molar-refractivity contribution is 8.13. The maximum atomic E-state index is 11.6. The van der Waals surface area contributed by atoms with Crippen molar-refractivity contribution >= 4 is 25.6 Å². The van der Waals surface area contributed by atoms with Gasteiger partial charge in [-0.3, -0.25) is 4.79 Å². The number of rotatable bonds is 4. The van der Waals surface area contributed by atoms with E-state index in [0.29, 0.717) is 24.3 Å². The van der Waals surface area contributed by atoms with E-state index in [9.17, 15) is 13.2 Å². The first-order chi connectivity index (χ1) is 8.91. The number of halogens is 1. The lowest BCUT2D eigenvalue weighted by Crippen LogP contribution is -2.29. The lowest BCUT2D eigenvalue weighted by atomic mass is 10.1. The van der Waals surface area contributed by atoms with Crippen LogP contribution in [0.15, 0.2) is 23.1 Å². The van der Waals surface area contributed by atoms with E-state index >= 15 is 0 Å². The van der Waals surface area contributed by atoms with E-state index in [0.717, 1.165) is 6.42 Å². The molecule has 0 spiro atoms. The molecule has 7 heteroatoms. The van der Waals surface area contributed by atoms with E-state index in [2.05, 4.69) is 5.32 Å². The Morgan fingerprint density at radius 2 is 2.26 bits per heavy atom. The second kappa shape index (κ2) is 5.38. The number of benzene rings is 1. The Hall–Kier alpha value is -1.27. The van der Waals surface area contributed by atoms with Crippen molar-refractivity contribution in [2.75, 3.05) is 6.61 Å². The molecule has 0 radical (unpaired) electrons. The fourth-order valence-electron chi connectivity index (χ4n) is 1.96. The first-order valence-corrected chi connectivity index (χ1v) is 8.23. The minimum Gasteiger partial charge on any atom is -0.491 e. The molecule has 1 amide bonds. The monoisotopic (exact) mass is 303 g/mol. The molecule has 2 rings (SSSR count). The lowest BCUT2D eigenvalue weighted by molar-refractivity contribution is -0.121. The van der Waals surface area contributed by atoms with Gasteiger partial charge in [0.05, 0.1) is 10.9 Å². The SMILES string of the molecule is CCCC(=O)NC1COc2ccc(S(=O)(=O)Cl)cc21. The molecule has 1 heterocycles. The highest BCUT2D eigenvalue weighted by Crippen LogP contribution is 2.34. The molecular formula is C12H14ClNO4S. The fourth-order valence-corrected chi connectivity index (χ4v) is 2.74. The van der Waals surface area contributed by atoms with Gasteiger partial charge in [-0.15, -0.1) is 0 Å². The Morgan fingerprint density at radius 1 is 1.53 bits per heavy atom. The predicted octanol–water partition coefficient (Wildman–Crippen LogP) is 1.96.